The number of ether oxygens (including phenoxy) is 2. The van der Waals surface area contributed by atoms with Crippen LogP contribution in [0.5, 0.6) is 0 Å². The maximum absolute atomic E-state index is 13.5. The fraction of sp³-hybridized carbons (Fsp3) is 0.650. The van der Waals surface area contributed by atoms with Crippen molar-refractivity contribution in [1.29, 1.82) is 0 Å². The molecule has 0 aliphatic carbocycles. The Labute approximate surface area is 156 Å². The zero-order valence-corrected chi connectivity index (χ0v) is 16.2. The molecule has 1 atom stereocenters. The van der Waals surface area contributed by atoms with Gasteiger partial charge in [-0.15, -0.1) is 0 Å². The van der Waals surface area contributed by atoms with Crippen molar-refractivity contribution in [2.75, 3.05) is 40.0 Å². The Kier molecular flexibility index (Phi) is 8.32. The second kappa shape index (κ2) is 10.5. The Bertz CT molecular complexity index is 572. The van der Waals surface area contributed by atoms with Gasteiger partial charge in [-0.25, -0.2) is 4.39 Å². The second-order valence-electron chi connectivity index (χ2n) is 7.31. The maximum Gasteiger partial charge on any atom is 0.191 e. The molecule has 0 bridgehead atoms. The van der Waals surface area contributed by atoms with Crippen molar-refractivity contribution in [3.8, 4) is 0 Å². The van der Waals surface area contributed by atoms with Gasteiger partial charge in [-0.3, -0.25) is 4.99 Å². The largest absolute Gasteiger partial charge is 0.379 e. The van der Waals surface area contributed by atoms with Crippen LogP contribution in [0.3, 0.4) is 0 Å². The summed E-state index contributed by atoms with van der Waals surface area (Å²) in [5, 5.41) is 6.61. The molecule has 26 heavy (non-hydrogen) atoms. The number of benzene rings is 1. The summed E-state index contributed by atoms with van der Waals surface area (Å²) in [7, 11) is 1.75. The molecule has 0 radical (unpaired) electrons. The van der Waals surface area contributed by atoms with E-state index in [2.05, 4.69) is 29.5 Å². The molecule has 1 fully saturated rings. The van der Waals surface area contributed by atoms with Gasteiger partial charge >= 0.3 is 0 Å². The summed E-state index contributed by atoms with van der Waals surface area (Å²) in [6.07, 6.45) is 3.43. The van der Waals surface area contributed by atoms with Gasteiger partial charge in [0.1, 0.15) is 5.82 Å². The lowest BCUT2D eigenvalue weighted by atomic mass is 9.84. The van der Waals surface area contributed by atoms with Crippen LogP contribution in [0.4, 0.5) is 4.39 Å². The molecule has 1 unspecified atom stereocenters. The van der Waals surface area contributed by atoms with Gasteiger partial charge in [0.05, 0.1) is 12.7 Å². The number of nitrogens with zero attached hydrogens (tertiary/aromatic N) is 1. The van der Waals surface area contributed by atoms with E-state index in [1.165, 1.54) is 6.07 Å². The molecule has 1 aromatic carbocycles. The number of hydrogen-bond acceptors (Lipinski definition) is 3. The number of nitrogens with one attached hydrogen (secondary N) is 2. The van der Waals surface area contributed by atoms with Crippen LogP contribution in [0.2, 0.25) is 0 Å². The third kappa shape index (κ3) is 6.92. The molecular formula is C20H32FN3O2. The zero-order valence-electron chi connectivity index (χ0n) is 16.2. The minimum atomic E-state index is -0.207. The fourth-order valence-corrected chi connectivity index (χ4v) is 2.91. The van der Waals surface area contributed by atoms with Crippen molar-refractivity contribution in [2.45, 2.75) is 44.6 Å². The molecule has 1 heterocycles. The van der Waals surface area contributed by atoms with Gasteiger partial charge in [0.15, 0.2) is 5.96 Å². The lowest BCUT2D eigenvalue weighted by molar-refractivity contribution is 0.0168. The molecule has 1 aromatic rings. The number of aliphatic imine (C=N–C) groups is 1. The third-order valence-corrected chi connectivity index (χ3v) is 4.61. The molecule has 5 nitrogen and oxygen atoms in total. The Hall–Kier alpha value is -1.66. The molecule has 2 rings (SSSR count). The lowest BCUT2D eigenvalue weighted by Gasteiger charge is -2.27. The summed E-state index contributed by atoms with van der Waals surface area (Å²) in [6, 6.07) is 6.75. The van der Waals surface area contributed by atoms with Crippen molar-refractivity contribution >= 4 is 5.96 Å². The molecular weight excluding hydrogens is 333 g/mol. The molecule has 0 saturated carbocycles. The standard InChI is InChI=1S/C20H32FN3O2/c1-20(2,16-7-4-8-17(21)13-16)15-24-19(22-3)23-10-6-11-25-14-18-9-5-12-26-18/h4,7-8,13,18H,5-6,9-12,14-15H2,1-3H3,(H2,22,23,24). The van der Waals surface area contributed by atoms with Crippen molar-refractivity contribution in [3.63, 3.8) is 0 Å². The first-order chi connectivity index (χ1) is 12.5. The van der Waals surface area contributed by atoms with Gasteiger partial charge in [0, 0.05) is 38.8 Å². The smallest absolute Gasteiger partial charge is 0.191 e. The molecule has 0 aromatic heterocycles. The van der Waals surface area contributed by atoms with Crippen LogP contribution in [0.1, 0.15) is 38.7 Å². The van der Waals surface area contributed by atoms with Crippen LogP contribution in [0.15, 0.2) is 29.3 Å². The van der Waals surface area contributed by atoms with Crippen LogP contribution >= 0.6 is 0 Å². The van der Waals surface area contributed by atoms with E-state index in [4.69, 9.17) is 9.47 Å². The highest BCUT2D eigenvalue weighted by molar-refractivity contribution is 5.79. The molecule has 6 heteroatoms. The molecule has 1 aliphatic heterocycles. The van der Waals surface area contributed by atoms with Gasteiger partial charge in [0.2, 0.25) is 0 Å². The Morgan fingerprint density at radius 3 is 2.92 bits per heavy atom. The number of hydrogen-bond donors (Lipinski definition) is 2. The van der Waals surface area contributed by atoms with Crippen LogP contribution in [-0.4, -0.2) is 52.0 Å². The molecule has 1 aliphatic rings. The van der Waals surface area contributed by atoms with Gasteiger partial charge in [0.25, 0.3) is 0 Å². The summed E-state index contributed by atoms with van der Waals surface area (Å²) in [5.74, 6) is 0.537. The summed E-state index contributed by atoms with van der Waals surface area (Å²) < 4.78 is 24.6. The van der Waals surface area contributed by atoms with E-state index in [-0.39, 0.29) is 17.3 Å². The van der Waals surface area contributed by atoms with Gasteiger partial charge in [-0.1, -0.05) is 26.0 Å². The maximum atomic E-state index is 13.5. The molecule has 0 amide bonds. The Morgan fingerprint density at radius 1 is 1.38 bits per heavy atom. The lowest BCUT2D eigenvalue weighted by Crippen LogP contribution is -2.43. The number of rotatable bonds is 9. The number of halogens is 1. The van der Waals surface area contributed by atoms with Crippen molar-refractivity contribution in [3.05, 3.63) is 35.6 Å². The normalized spacial score (nSPS) is 18.2. The first-order valence-corrected chi connectivity index (χ1v) is 9.41. The van der Waals surface area contributed by atoms with E-state index in [1.807, 2.05) is 6.07 Å². The summed E-state index contributed by atoms with van der Waals surface area (Å²) in [6.45, 7) is 7.87. The predicted molar refractivity (Wildman–Crippen MR) is 103 cm³/mol. The fourth-order valence-electron chi connectivity index (χ4n) is 2.91. The zero-order chi connectivity index (χ0) is 18.8. The van der Waals surface area contributed by atoms with Crippen LogP contribution < -0.4 is 10.6 Å². The van der Waals surface area contributed by atoms with Crippen LogP contribution in [0.25, 0.3) is 0 Å². The summed E-state index contributed by atoms with van der Waals surface area (Å²) >= 11 is 0. The average Bonchev–Trinajstić information content (AvgIpc) is 3.14. The van der Waals surface area contributed by atoms with E-state index >= 15 is 0 Å². The minimum Gasteiger partial charge on any atom is -0.379 e. The topological polar surface area (TPSA) is 54.9 Å². The van der Waals surface area contributed by atoms with E-state index < -0.39 is 0 Å². The van der Waals surface area contributed by atoms with Crippen LogP contribution in [0, 0.1) is 5.82 Å². The summed E-state index contributed by atoms with van der Waals surface area (Å²) in [5.41, 5.74) is 0.757. The summed E-state index contributed by atoms with van der Waals surface area (Å²) in [4.78, 5) is 4.24. The van der Waals surface area contributed by atoms with Crippen molar-refractivity contribution in [2.24, 2.45) is 4.99 Å². The highest BCUT2D eigenvalue weighted by Gasteiger charge is 2.21. The highest BCUT2D eigenvalue weighted by atomic mass is 19.1. The Morgan fingerprint density at radius 2 is 2.23 bits per heavy atom. The first-order valence-electron chi connectivity index (χ1n) is 9.41. The Balaban J connectivity index is 1.63. The molecule has 0 spiro atoms. The van der Waals surface area contributed by atoms with E-state index in [0.717, 1.165) is 43.9 Å². The minimum absolute atomic E-state index is 0.204. The average molecular weight is 365 g/mol. The van der Waals surface area contributed by atoms with Gasteiger partial charge in [-0.05, 0) is 37.0 Å². The van der Waals surface area contributed by atoms with Gasteiger partial charge in [-0.2, -0.15) is 0 Å². The molecule has 1 saturated heterocycles. The van der Waals surface area contributed by atoms with E-state index in [9.17, 15) is 4.39 Å². The molecule has 146 valence electrons. The third-order valence-electron chi connectivity index (χ3n) is 4.61. The van der Waals surface area contributed by atoms with Crippen molar-refractivity contribution < 1.29 is 13.9 Å². The highest BCUT2D eigenvalue weighted by Crippen LogP contribution is 2.22. The predicted octanol–water partition coefficient (Wildman–Crippen LogP) is 2.85. The van der Waals surface area contributed by atoms with Crippen molar-refractivity contribution in [1.82, 2.24) is 10.6 Å². The second-order valence-corrected chi connectivity index (χ2v) is 7.31. The van der Waals surface area contributed by atoms with E-state index in [0.29, 0.717) is 19.8 Å². The number of guanidine groups is 1. The first kappa shape index (κ1) is 20.6. The monoisotopic (exact) mass is 365 g/mol. The molecule has 2 N–H and O–H groups in total. The quantitative estimate of drug-likeness (QED) is 0.401. The SMILES string of the molecule is CN=C(NCCCOCC1CCCO1)NCC(C)(C)c1cccc(F)c1. The van der Waals surface area contributed by atoms with Gasteiger partial charge < -0.3 is 20.1 Å². The van der Waals surface area contributed by atoms with E-state index in [1.54, 1.807) is 19.2 Å². The van der Waals surface area contributed by atoms with Crippen LogP contribution in [-0.2, 0) is 14.9 Å².